The summed E-state index contributed by atoms with van der Waals surface area (Å²) in [7, 11) is 0. The van der Waals surface area contributed by atoms with Gasteiger partial charge >= 0.3 is 0 Å². The second-order valence-electron chi connectivity index (χ2n) is 6.79. The van der Waals surface area contributed by atoms with Gasteiger partial charge in [-0.25, -0.2) is 14.5 Å². The highest BCUT2D eigenvalue weighted by molar-refractivity contribution is 6.01. The number of aryl methyl sites for hydroxylation is 3. The van der Waals surface area contributed by atoms with Crippen LogP contribution in [0.5, 0.6) is 0 Å². The standard InChI is InChI=1S/C18H22N6O/c1-12-9-13(2)24-17(20-12)16(14(3)21-24)18(25)22-7-4-5-15(10-22)23-8-6-19-11-23/h6,8-9,11,15H,4-5,7,10H2,1-3H3. The number of hydrogen-bond donors (Lipinski definition) is 0. The maximum Gasteiger partial charge on any atom is 0.259 e. The van der Waals surface area contributed by atoms with E-state index < -0.39 is 0 Å². The van der Waals surface area contributed by atoms with Gasteiger partial charge in [0.15, 0.2) is 5.65 Å². The third kappa shape index (κ3) is 2.69. The number of amides is 1. The molecule has 0 N–H and O–H groups in total. The topological polar surface area (TPSA) is 68.3 Å². The van der Waals surface area contributed by atoms with Gasteiger partial charge in [0.25, 0.3) is 5.91 Å². The van der Waals surface area contributed by atoms with Gasteiger partial charge in [-0.05, 0) is 39.7 Å². The molecule has 0 spiro atoms. The lowest BCUT2D eigenvalue weighted by molar-refractivity contribution is 0.0680. The maximum atomic E-state index is 13.2. The molecule has 1 unspecified atom stereocenters. The Balaban J connectivity index is 1.69. The van der Waals surface area contributed by atoms with E-state index in [1.54, 1.807) is 10.7 Å². The number of likely N-dealkylation sites (tertiary alicyclic amines) is 1. The van der Waals surface area contributed by atoms with Crippen LogP contribution in [0.15, 0.2) is 24.8 Å². The molecule has 0 aromatic carbocycles. The van der Waals surface area contributed by atoms with Crippen LogP contribution in [0, 0.1) is 20.8 Å². The molecule has 130 valence electrons. The number of carbonyl (C=O) groups is 1. The van der Waals surface area contributed by atoms with Crippen molar-refractivity contribution in [2.45, 2.75) is 39.7 Å². The predicted molar refractivity (Wildman–Crippen MR) is 93.6 cm³/mol. The van der Waals surface area contributed by atoms with Crippen molar-refractivity contribution in [1.29, 1.82) is 0 Å². The average Bonchev–Trinajstić information content (AvgIpc) is 3.22. The van der Waals surface area contributed by atoms with Crippen molar-refractivity contribution in [2.24, 2.45) is 0 Å². The predicted octanol–water partition coefficient (Wildman–Crippen LogP) is 2.33. The molecule has 3 aromatic heterocycles. The molecule has 3 aromatic rings. The fourth-order valence-electron chi connectivity index (χ4n) is 3.70. The number of hydrogen-bond acceptors (Lipinski definition) is 4. The summed E-state index contributed by atoms with van der Waals surface area (Å²) in [6.07, 6.45) is 7.62. The summed E-state index contributed by atoms with van der Waals surface area (Å²) in [5.74, 6) is 0.0230. The highest BCUT2D eigenvalue weighted by Gasteiger charge is 2.29. The molecule has 0 radical (unpaired) electrons. The lowest BCUT2D eigenvalue weighted by Gasteiger charge is -2.33. The summed E-state index contributed by atoms with van der Waals surface area (Å²) >= 11 is 0. The van der Waals surface area contributed by atoms with Gasteiger partial charge in [0, 0.05) is 36.9 Å². The number of imidazole rings is 1. The average molecular weight is 338 g/mol. The Bertz CT molecular complexity index is 927. The van der Waals surface area contributed by atoms with Crippen molar-refractivity contribution in [3.8, 4) is 0 Å². The van der Waals surface area contributed by atoms with Crippen molar-refractivity contribution >= 4 is 11.6 Å². The number of aromatic nitrogens is 5. The second kappa shape index (κ2) is 5.98. The summed E-state index contributed by atoms with van der Waals surface area (Å²) < 4.78 is 3.86. The number of carbonyl (C=O) groups excluding carboxylic acids is 1. The van der Waals surface area contributed by atoms with E-state index in [4.69, 9.17) is 0 Å². The van der Waals surface area contributed by atoms with E-state index >= 15 is 0 Å². The van der Waals surface area contributed by atoms with Crippen LogP contribution >= 0.6 is 0 Å². The van der Waals surface area contributed by atoms with Gasteiger partial charge in [-0.15, -0.1) is 0 Å². The zero-order valence-electron chi connectivity index (χ0n) is 14.8. The molecule has 1 atom stereocenters. The first kappa shape index (κ1) is 15.8. The van der Waals surface area contributed by atoms with Gasteiger partial charge in [0.2, 0.25) is 0 Å². The summed E-state index contributed by atoms with van der Waals surface area (Å²) in [5, 5.41) is 4.53. The molecule has 7 heteroatoms. The largest absolute Gasteiger partial charge is 0.336 e. The maximum absolute atomic E-state index is 13.2. The van der Waals surface area contributed by atoms with E-state index in [9.17, 15) is 4.79 Å². The Hall–Kier alpha value is -2.70. The van der Waals surface area contributed by atoms with Crippen LogP contribution in [-0.4, -0.2) is 48.0 Å². The van der Waals surface area contributed by atoms with Crippen LogP contribution < -0.4 is 0 Å². The quantitative estimate of drug-likeness (QED) is 0.719. The van der Waals surface area contributed by atoms with E-state index in [0.717, 1.165) is 36.5 Å². The van der Waals surface area contributed by atoms with Crippen molar-refractivity contribution in [2.75, 3.05) is 13.1 Å². The lowest BCUT2D eigenvalue weighted by Crippen LogP contribution is -2.40. The minimum atomic E-state index is 0.0230. The van der Waals surface area contributed by atoms with Gasteiger partial charge in [-0.3, -0.25) is 4.79 Å². The van der Waals surface area contributed by atoms with Crippen molar-refractivity contribution in [3.05, 3.63) is 47.4 Å². The Morgan fingerprint density at radius 3 is 2.88 bits per heavy atom. The van der Waals surface area contributed by atoms with E-state index in [-0.39, 0.29) is 11.9 Å². The van der Waals surface area contributed by atoms with Crippen LogP contribution in [0.1, 0.15) is 46.3 Å². The normalized spacial score (nSPS) is 18.0. The number of nitrogens with zero attached hydrogens (tertiary/aromatic N) is 6. The van der Waals surface area contributed by atoms with E-state index in [1.165, 1.54) is 0 Å². The third-order valence-corrected chi connectivity index (χ3v) is 4.91. The molecule has 7 nitrogen and oxygen atoms in total. The summed E-state index contributed by atoms with van der Waals surface area (Å²) in [4.78, 5) is 23.9. The molecule has 0 bridgehead atoms. The van der Waals surface area contributed by atoms with Gasteiger partial charge in [-0.2, -0.15) is 5.10 Å². The third-order valence-electron chi connectivity index (χ3n) is 4.91. The Morgan fingerprint density at radius 2 is 2.12 bits per heavy atom. The number of rotatable bonds is 2. The fourth-order valence-corrected chi connectivity index (χ4v) is 3.70. The van der Waals surface area contributed by atoms with Crippen molar-refractivity contribution in [3.63, 3.8) is 0 Å². The zero-order chi connectivity index (χ0) is 17.6. The van der Waals surface area contributed by atoms with Crippen molar-refractivity contribution in [1.82, 2.24) is 29.0 Å². The number of piperidine rings is 1. The SMILES string of the molecule is Cc1cc(C)n2nc(C)c(C(=O)N3CCCC(n4ccnc4)C3)c2n1. The van der Waals surface area contributed by atoms with Crippen LogP contribution in [0.4, 0.5) is 0 Å². The number of fused-ring (bicyclic) bond motifs is 1. The molecular formula is C18H22N6O. The minimum absolute atomic E-state index is 0.0230. The highest BCUT2D eigenvalue weighted by atomic mass is 16.2. The zero-order valence-corrected chi connectivity index (χ0v) is 14.8. The smallest absolute Gasteiger partial charge is 0.259 e. The molecule has 1 amide bonds. The summed E-state index contributed by atoms with van der Waals surface area (Å²) in [6.45, 7) is 7.27. The molecular weight excluding hydrogens is 316 g/mol. The van der Waals surface area contributed by atoms with Crippen LogP contribution in [0.2, 0.25) is 0 Å². The van der Waals surface area contributed by atoms with Crippen LogP contribution in [0.3, 0.4) is 0 Å². The highest BCUT2D eigenvalue weighted by Crippen LogP contribution is 2.25. The molecule has 1 aliphatic rings. The Labute approximate surface area is 146 Å². The van der Waals surface area contributed by atoms with Crippen molar-refractivity contribution < 1.29 is 4.79 Å². The molecule has 4 rings (SSSR count). The molecule has 4 heterocycles. The van der Waals surface area contributed by atoms with Gasteiger partial charge in [-0.1, -0.05) is 0 Å². The summed E-state index contributed by atoms with van der Waals surface area (Å²) in [5.41, 5.74) is 3.90. The first-order valence-electron chi connectivity index (χ1n) is 8.65. The monoisotopic (exact) mass is 338 g/mol. The van der Waals surface area contributed by atoms with Gasteiger partial charge < -0.3 is 9.47 Å². The second-order valence-corrected chi connectivity index (χ2v) is 6.79. The Kier molecular flexibility index (Phi) is 3.78. The molecule has 0 saturated carbocycles. The first-order valence-corrected chi connectivity index (χ1v) is 8.65. The molecule has 25 heavy (non-hydrogen) atoms. The first-order chi connectivity index (χ1) is 12.0. The lowest BCUT2D eigenvalue weighted by atomic mass is 10.0. The molecule has 1 saturated heterocycles. The van der Waals surface area contributed by atoms with Gasteiger partial charge in [0.05, 0.1) is 18.1 Å². The minimum Gasteiger partial charge on any atom is -0.336 e. The molecule has 0 aliphatic carbocycles. The molecule has 1 aliphatic heterocycles. The summed E-state index contributed by atoms with van der Waals surface area (Å²) in [6, 6.07) is 2.25. The fraction of sp³-hybridized carbons (Fsp3) is 0.444. The van der Waals surface area contributed by atoms with E-state index in [0.29, 0.717) is 17.8 Å². The van der Waals surface area contributed by atoms with Crippen LogP contribution in [0.25, 0.3) is 5.65 Å². The van der Waals surface area contributed by atoms with E-state index in [2.05, 4.69) is 19.6 Å². The Morgan fingerprint density at radius 1 is 1.28 bits per heavy atom. The molecule has 1 fully saturated rings. The van der Waals surface area contributed by atoms with Gasteiger partial charge in [0.1, 0.15) is 5.56 Å². The van der Waals surface area contributed by atoms with E-state index in [1.807, 2.05) is 44.3 Å². The van der Waals surface area contributed by atoms with Crippen LogP contribution in [-0.2, 0) is 0 Å².